The van der Waals surface area contributed by atoms with Crippen molar-refractivity contribution in [1.82, 2.24) is 4.83 Å². The van der Waals surface area contributed by atoms with Gasteiger partial charge in [0.1, 0.15) is 0 Å². The van der Waals surface area contributed by atoms with Gasteiger partial charge >= 0.3 is 0 Å². The monoisotopic (exact) mass is 334 g/mol. The fraction of sp³-hybridized carbons (Fsp3) is 0.500. The summed E-state index contributed by atoms with van der Waals surface area (Å²) in [4.78, 5) is 2.77. The van der Waals surface area contributed by atoms with Crippen LogP contribution in [0.5, 0.6) is 0 Å². The summed E-state index contributed by atoms with van der Waals surface area (Å²) >= 11 is 0. The van der Waals surface area contributed by atoms with E-state index in [2.05, 4.69) is 23.4 Å². The molecule has 126 valence electrons. The van der Waals surface area contributed by atoms with Crippen LogP contribution >= 0.6 is 0 Å². The van der Waals surface area contributed by atoms with Crippen molar-refractivity contribution in [2.75, 3.05) is 0 Å². The number of rotatable bonds is 4. The second-order valence-corrected chi connectivity index (χ2v) is 8.31. The van der Waals surface area contributed by atoms with Gasteiger partial charge in [0.05, 0.1) is 4.90 Å². The standard InChI is InChI=1S/C18H26N2O2S/c1-6-18(5)10-8-7-9-16(18)19-20-23(21,22)17-14(3)11-13(2)12-15(17)4/h6,11-12,20H,1,7-10H2,2-5H3/b19-16+. The van der Waals surface area contributed by atoms with Gasteiger partial charge in [-0.3, -0.25) is 0 Å². The van der Waals surface area contributed by atoms with Gasteiger partial charge in [0.2, 0.25) is 0 Å². The van der Waals surface area contributed by atoms with E-state index in [1.54, 1.807) is 0 Å². The molecule has 2 rings (SSSR count). The third-order valence-corrected chi connectivity index (χ3v) is 6.16. The topological polar surface area (TPSA) is 58.5 Å². The third kappa shape index (κ3) is 3.66. The highest BCUT2D eigenvalue weighted by Crippen LogP contribution is 2.34. The molecule has 1 aliphatic carbocycles. The number of benzene rings is 1. The number of hydrogen-bond donors (Lipinski definition) is 1. The van der Waals surface area contributed by atoms with Crippen LogP contribution in [0.25, 0.3) is 0 Å². The molecule has 1 aromatic rings. The van der Waals surface area contributed by atoms with Gasteiger partial charge in [-0.2, -0.15) is 13.5 Å². The van der Waals surface area contributed by atoms with Crippen LogP contribution in [0.1, 0.15) is 49.3 Å². The predicted octanol–water partition coefficient (Wildman–Crippen LogP) is 4.01. The van der Waals surface area contributed by atoms with E-state index in [0.717, 1.165) is 48.1 Å². The number of hydrazone groups is 1. The van der Waals surface area contributed by atoms with E-state index < -0.39 is 10.0 Å². The van der Waals surface area contributed by atoms with Gasteiger partial charge in [-0.05, 0) is 51.2 Å². The van der Waals surface area contributed by atoms with Crippen LogP contribution < -0.4 is 4.83 Å². The molecule has 0 radical (unpaired) electrons. The minimum Gasteiger partial charge on any atom is -0.200 e. The second kappa shape index (κ2) is 6.48. The Morgan fingerprint density at radius 2 is 1.83 bits per heavy atom. The van der Waals surface area contributed by atoms with Crippen LogP contribution in [0.15, 0.2) is 34.8 Å². The zero-order valence-electron chi connectivity index (χ0n) is 14.4. The van der Waals surface area contributed by atoms with Crippen molar-refractivity contribution in [3.63, 3.8) is 0 Å². The number of nitrogens with one attached hydrogen (secondary N) is 1. The van der Waals surface area contributed by atoms with Crippen molar-refractivity contribution in [2.24, 2.45) is 10.5 Å². The molecule has 0 heterocycles. The summed E-state index contributed by atoms with van der Waals surface area (Å²) in [6.45, 7) is 11.5. The molecular weight excluding hydrogens is 308 g/mol. The molecule has 1 fully saturated rings. The van der Waals surface area contributed by atoms with Crippen LogP contribution in [0, 0.1) is 26.2 Å². The largest absolute Gasteiger partial charge is 0.277 e. The number of sulfonamides is 1. The maximum Gasteiger partial charge on any atom is 0.277 e. The van der Waals surface area contributed by atoms with E-state index in [4.69, 9.17) is 0 Å². The molecule has 0 spiro atoms. The smallest absolute Gasteiger partial charge is 0.200 e. The Bertz CT molecular complexity index is 727. The molecule has 1 atom stereocenters. The first-order valence-corrected chi connectivity index (χ1v) is 9.48. The van der Waals surface area contributed by atoms with Gasteiger partial charge in [0.15, 0.2) is 0 Å². The molecule has 1 saturated carbocycles. The lowest BCUT2D eigenvalue weighted by Crippen LogP contribution is -2.32. The lowest BCUT2D eigenvalue weighted by Gasteiger charge is -2.31. The molecule has 0 saturated heterocycles. The maximum atomic E-state index is 12.7. The van der Waals surface area contributed by atoms with Gasteiger partial charge in [0.25, 0.3) is 10.0 Å². The normalized spacial score (nSPS) is 23.7. The highest BCUT2D eigenvalue weighted by atomic mass is 32.2. The van der Waals surface area contributed by atoms with E-state index in [0.29, 0.717) is 4.90 Å². The summed E-state index contributed by atoms with van der Waals surface area (Å²) in [5.74, 6) is 0. The van der Waals surface area contributed by atoms with Gasteiger partial charge < -0.3 is 0 Å². The summed E-state index contributed by atoms with van der Waals surface area (Å²) in [5, 5.41) is 4.27. The van der Waals surface area contributed by atoms with Crippen molar-refractivity contribution < 1.29 is 8.42 Å². The van der Waals surface area contributed by atoms with Crippen LogP contribution in [-0.2, 0) is 10.0 Å². The van der Waals surface area contributed by atoms with Gasteiger partial charge in [-0.25, -0.2) is 4.83 Å². The van der Waals surface area contributed by atoms with Crippen LogP contribution in [0.3, 0.4) is 0 Å². The maximum absolute atomic E-state index is 12.7. The number of nitrogens with zero attached hydrogens (tertiary/aromatic N) is 1. The summed E-state index contributed by atoms with van der Waals surface area (Å²) in [7, 11) is -3.67. The molecule has 0 aliphatic heterocycles. The Labute approximate surface area is 139 Å². The van der Waals surface area contributed by atoms with Gasteiger partial charge in [0, 0.05) is 11.1 Å². The van der Waals surface area contributed by atoms with E-state index in [9.17, 15) is 8.42 Å². The SMILES string of the molecule is C=CC1(C)CCCC/C1=N\NS(=O)(=O)c1c(C)cc(C)cc1C. The highest BCUT2D eigenvalue weighted by Gasteiger charge is 2.31. The fourth-order valence-electron chi connectivity index (χ4n) is 3.37. The van der Waals surface area contributed by atoms with Crippen molar-refractivity contribution in [3.8, 4) is 0 Å². The Hall–Kier alpha value is -1.62. The Morgan fingerprint density at radius 3 is 2.39 bits per heavy atom. The zero-order valence-corrected chi connectivity index (χ0v) is 15.3. The molecule has 1 aliphatic rings. The number of hydrogen-bond acceptors (Lipinski definition) is 3. The van der Waals surface area contributed by atoms with Crippen LogP contribution in [0.4, 0.5) is 0 Å². The Kier molecular flexibility index (Phi) is 4.99. The summed E-state index contributed by atoms with van der Waals surface area (Å²) < 4.78 is 25.4. The van der Waals surface area contributed by atoms with Crippen molar-refractivity contribution >= 4 is 15.7 Å². The highest BCUT2D eigenvalue weighted by molar-refractivity contribution is 7.89. The minimum atomic E-state index is -3.67. The molecule has 0 amide bonds. The predicted molar refractivity (Wildman–Crippen MR) is 95.2 cm³/mol. The first-order chi connectivity index (χ1) is 10.7. The Balaban J connectivity index is 2.36. The average molecular weight is 334 g/mol. The summed E-state index contributed by atoms with van der Waals surface area (Å²) in [5.41, 5.74) is 3.18. The molecule has 0 bridgehead atoms. The molecular formula is C18H26N2O2S. The summed E-state index contributed by atoms with van der Waals surface area (Å²) in [6.07, 6.45) is 5.79. The molecule has 0 aromatic heterocycles. The van der Waals surface area contributed by atoms with Crippen molar-refractivity contribution in [1.29, 1.82) is 0 Å². The van der Waals surface area contributed by atoms with Crippen molar-refractivity contribution in [3.05, 3.63) is 41.5 Å². The molecule has 1 N–H and O–H groups in total. The van der Waals surface area contributed by atoms with E-state index in [1.807, 2.05) is 39.0 Å². The molecule has 23 heavy (non-hydrogen) atoms. The number of allylic oxidation sites excluding steroid dienone is 1. The van der Waals surface area contributed by atoms with Crippen LogP contribution in [0.2, 0.25) is 0 Å². The Morgan fingerprint density at radius 1 is 1.22 bits per heavy atom. The summed E-state index contributed by atoms with van der Waals surface area (Å²) in [6, 6.07) is 3.76. The van der Waals surface area contributed by atoms with E-state index in [1.165, 1.54) is 0 Å². The first kappa shape index (κ1) is 17.7. The quantitative estimate of drug-likeness (QED) is 0.668. The lowest BCUT2D eigenvalue weighted by atomic mass is 9.74. The average Bonchev–Trinajstić information content (AvgIpc) is 2.45. The van der Waals surface area contributed by atoms with E-state index in [-0.39, 0.29) is 5.41 Å². The first-order valence-electron chi connectivity index (χ1n) is 8.00. The zero-order chi connectivity index (χ0) is 17.3. The number of aryl methyl sites for hydroxylation is 3. The van der Waals surface area contributed by atoms with E-state index >= 15 is 0 Å². The van der Waals surface area contributed by atoms with Crippen molar-refractivity contribution in [2.45, 2.75) is 58.3 Å². The van der Waals surface area contributed by atoms with Crippen LogP contribution in [-0.4, -0.2) is 14.1 Å². The fourth-order valence-corrected chi connectivity index (χ4v) is 4.66. The second-order valence-electron chi connectivity index (χ2n) is 6.71. The molecule has 4 nitrogen and oxygen atoms in total. The molecule has 5 heteroatoms. The third-order valence-electron chi connectivity index (χ3n) is 4.64. The lowest BCUT2D eigenvalue weighted by molar-refractivity contribution is 0.455. The van der Waals surface area contributed by atoms with Gasteiger partial charge in [-0.15, -0.1) is 6.58 Å². The van der Waals surface area contributed by atoms with Gasteiger partial charge in [-0.1, -0.05) is 37.1 Å². The molecule has 1 aromatic carbocycles. The molecule has 1 unspecified atom stereocenters. The minimum absolute atomic E-state index is 0.224.